The monoisotopic (exact) mass is 1450 g/mol. The number of hydrogen-bond acceptors (Lipinski definition) is 14. The first kappa shape index (κ1) is 77.2. The standard InChI is InChI=1S/C27H32FN5O3.C27H34FN5O3.C26H32FN5O2/c1-17(2)22-13-23(20-4-6-21(28)7-5-20)30-33-15-24(29-26(22)33)27(35)31-9-10-32(18(3)14-31)25(34)12-19-8-11-36-16-19;1-6-27(5,36)14-24(34)32-12-11-31(15-18(32)4)26(35)23-16-33-25(29-23)21(17(2)3)13-22(30-33)19-7-9-20(28)10-8-19;1-5-6-7-24(33)31-13-12-30(15-18(31)4)26(34)23-16-32-25(28-23)21(17(2)3)14-22(29-32)19-8-10-20(27)11-9-19/h4-7,13,15,17-19H,8-12,14,16H2,1-3H3;7-10,13,16-18,36H,6,11-12,14-15H2,1-5H3;8-11,14,16-18H,5-7,12-13,15H2,1-4H3/t18-,19?;18-,27?;18-/m000/s1. The number of aromatic nitrogens is 9. The van der Waals surface area contributed by atoms with Gasteiger partial charge in [0, 0.05) is 136 Å². The molecule has 10 heterocycles. The zero-order chi connectivity index (χ0) is 76.0. The minimum absolute atomic E-state index is 0.0338. The quantitative estimate of drug-likeness (QED) is 0.0892. The number of halogens is 3. The number of rotatable bonds is 17. The second-order valence-electron chi connectivity index (χ2n) is 29.7. The van der Waals surface area contributed by atoms with E-state index in [2.05, 4.69) is 64.9 Å². The highest BCUT2D eigenvalue weighted by molar-refractivity contribution is 5.95. The van der Waals surface area contributed by atoms with Crippen molar-refractivity contribution in [2.75, 3.05) is 72.1 Å². The summed E-state index contributed by atoms with van der Waals surface area (Å²) in [5.41, 5.74) is 9.11. The van der Waals surface area contributed by atoms with Gasteiger partial charge in [0.15, 0.2) is 16.9 Å². The topological polar surface area (TPSA) is 242 Å². The van der Waals surface area contributed by atoms with Crippen LogP contribution >= 0.6 is 0 Å². The van der Waals surface area contributed by atoms with Gasteiger partial charge >= 0.3 is 0 Å². The molecule has 4 aliphatic heterocycles. The number of amides is 6. The van der Waals surface area contributed by atoms with E-state index in [0.29, 0.717) is 142 Å². The van der Waals surface area contributed by atoms with E-state index in [-0.39, 0.29) is 95.2 Å². The van der Waals surface area contributed by atoms with Gasteiger partial charge in [0.25, 0.3) is 17.7 Å². The number of aliphatic hydroxyl groups is 1. The fourth-order valence-electron chi connectivity index (χ4n) is 14.0. The summed E-state index contributed by atoms with van der Waals surface area (Å²) < 4.78 is 50.5. The van der Waals surface area contributed by atoms with Crippen LogP contribution < -0.4 is 0 Å². The lowest BCUT2D eigenvalue weighted by molar-refractivity contribution is -0.140. The summed E-state index contributed by atoms with van der Waals surface area (Å²) in [7, 11) is 0. The van der Waals surface area contributed by atoms with Crippen LogP contribution in [0.25, 0.3) is 50.7 Å². The first-order valence-electron chi connectivity index (χ1n) is 37.1. The number of ether oxygens (including phenoxy) is 1. The molecule has 4 saturated heterocycles. The summed E-state index contributed by atoms with van der Waals surface area (Å²) in [5.74, 6) is -0.512. The third-order valence-electron chi connectivity index (χ3n) is 20.5. The summed E-state index contributed by atoms with van der Waals surface area (Å²) >= 11 is 0. The van der Waals surface area contributed by atoms with Crippen LogP contribution in [-0.4, -0.2) is 210 Å². The van der Waals surface area contributed by atoms with Crippen LogP contribution in [0, 0.1) is 23.4 Å². The molecule has 1 N–H and O–H groups in total. The highest BCUT2D eigenvalue weighted by atomic mass is 19.1. The first-order valence-corrected chi connectivity index (χ1v) is 37.1. The van der Waals surface area contributed by atoms with Crippen LogP contribution in [0.4, 0.5) is 13.2 Å². The zero-order valence-electron chi connectivity index (χ0n) is 62.8. The summed E-state index contributed by atoms with van der Waals surface area (Å²) in [6.07, 6.45) is 9.39. The average Bonchev–Trinajstić information content (AvgIpc) is 1.64. The Labute approximate surface area is 616 Å². The number of imidazole rings is 3. The maximum absolute atomic E-state index is 13.4. The molecule has 4 fully saturated rings. The van der Waals surface area contributed by atoms with Crippen molar-refractivity contribution in [2.45, 2.75) is 170 Å². The molecule has 3 aromatic carbocycles. The van der Waals surface area contributed by atoms with E-state index in [1.54, 1.807) is 95.1 Å². The lowest BCUT2D eigenvalue weighted by Crippen LogP contribution is -2.56. The lowest BCUT2D eigenvalue weighted by atomic mass is 9.97. The predicted octanol–water partition coefficient (Wildman–Crippen LogP) is 12.2. The van der Waals surface area contributed by atoms with Crippen molar-refractivity contribution in [1.82, 2.24) is 73.2 Å². The van der Waals surface area contributed by atoms with Gasteiger partial charge in [0.2, 0.25) is 17.7 Å². The lowest BCUT2D eigenvalue weighted by Gasteiger charge is -2.40. The van der Waals surface area contributed by atoms with Gasteiger partial charge in [0.05, 0.1) is 47.7 Å². The molecule has 562 valence electrons. The van der Waals surface area contributed by atoms with Gasteiger partial charge in [0.1, 0.15) is 34.5 Å². The van der Waals surface area contributed by atoms with Crippen LogP contribution in [0.5, 0.6) is 0 Å². The van der Waals surface area contributed by atoms with Crippen molar-refractivity contribution in [3.05, 3.63) is 161 Å². The van der Waals surface area contributed by atoms with Gasteiger partial charge in [-0.3, -0.25) is 28.8 Å². The number of benzene rings is 3. The van der Waals surface area contributed by atoms with Crippen LogP contribution in [0.15, 0.2) is 110 Å². The number of carbonyl (C=O) groups excluding carboxylic acids is 6. The second kappa shape index (κ2) is 33.2. The highest BCUT2D eigenvalue weighted by Crippen LogP contribution is 2.32. The van der Waals surface area contributed by atoms with Crippen molar-refractivity contribution < 1.29 is 51.8 Å². The molecule has 13 rings (SSSR count). The van der Waals surface area contributed by atoms with Gasteiger partial charge in [-0.25, -0.2) is 41.7 Å². The molecule has 0 spiro atoms. The van der Waals surface area contributed by atoms with E-state index in [1.807, 2.05) is 69.5 Å². The maximum Gasteiger partial charge on any atom is 0.274 e. The minimum Gasteiger partial charge on any atom is -0.390 e. The highest BCUT2D eigenvalue weighted by Gasteiger charge is 2.37. The molecule has 0 saturated carbocycles. The average molecular weight is 1450 g/mol. The van der Waals surface area contributed by atoms with Crippen molar-refractivity contribution in [3.8, 4) is 33.8 Å². The Morgan fingerprint density at radius 3 is 1.15 bits per heavy atom. The van der Waals surface area contributed by atoms with E-state index < -0.39 is 5.60 Å². The van der Waals surface area contributed by atoms with E-state index >= 15 is 0 Å². The Hall–Kier alpha value is -9.95. The number of nitrogens with zero attached hydrogens (tertiary/aromatic N) is 15. The second-order valence-corrected chi connectivity index (χ2v) is 29.7. The summed E-state index contributed by atoms with van der Waals surface area (Å²) in [6.45, 7) is 29.3. The van der Waals surface area contributed by atoms with Crippen LogP contribution in [-0.2, 0) is 19.1 Å². The summed E-state index contributed by atoms with van der Waals surface area (Å²) in [5, 5.41) is 24.2. The molecule has 5 atom stereocenters. The molecule has 26 heteroatoms. The molecule has 0 aliphatic carbocycles. The van der Waals surface area contributed by atoms with Crippen molar-refractivity contribution in [3.63, 3.8) is 0 Å². The van der Waals surface area contributed by atoms with E-state index in [4.69, 9.17) is 4.74 Å². The van der Waals surface area contributed by atoms with E-state index in [0.717, 1.165) is 59.3 Å². The molecule has 2 unspecified atom stereocenters. The smallest absolute Gasteiger partial charge is 0.274 e. The number of carbonyl (C=O) groups is 6. The Balaban J connectivity index is 0.000000159. The van der Waals surface area contributed by atoms with Gasteiger partial charge in [-0.1, -0.05) is 61.8 Å². The molecule has 4 aliphatic rings. The van der Waals surface area contributed by atoms with E-state index in [1.165, 1.54) is 36.4 Å². The first-order chi connectivity index (χ1) is 50.6. The van der Waals surface area contributed by atoms with Gasteiger partial charge in [-0.2, -0.15) is 15.3 Å². The van der Waals surface area contributed by atoms with E-state index in [9.17, 15) is 47.0 Å². The fraction of sp³-hybridized carbons (Fsp3) is 0.475. The molecular weight excluding hydrogens is 1360 g/mol. The molecule has 6 amide bonds. The van der Waals surface area contributed by atoms with Crippen LogP contribution in [0.3, 0.4) is 0 Å². The molecule has 23 nitrogen and oxygen atoms in total. The van der Waals surface area contributed by atoms with Crippen molar-refractivity contribution in [2.24, 2.45) is 5.92 Å². The third-order valence-corrected chi connectivity index (χ3v) is 20.5. The van der Waals surface area contributed by atoms with Gasteiger partial charge < -0.3 is 39.2 Å². The van der Waals surface area contributed by atoms with Crippen LogP contribution in [0.1, 0.15) is 194 Å². The molecule has 106 heavy (non-hydrogen) atoms. The number of unbranched alkanes of at least 4 members (excludes halogenated alkanes) is 1. The summed E-state index contributed by atoms with van der Waals surface area (Å²) in [6, 6.07) is 24.1. The molecule has 6 aromatic heterocycles. The predicted molar refractivity (Wildman–Crippen MR) is 397 cm³/mol. The van der Waals surface area contributed by atoms with Crippen molar-refractivity contribution >= 4 is 52.4 Å². The molecule has 0 bridgehead atoms. The maximum atomic E-state index is 13.4. The number of hydrogen-bond donors (Lipinski definition) is 1. The van der Waals surface area contributed by atoms with Crippen LogP contribution in [0.2, 0.25) is 0 Å². The minimum atomic E-state index is -1.03. The number of piperazine rings is 3. The third kappa shape index (κ3) is 17.8. The van der Waals surface area contributed by atoms with Gasteiger partial charge in [-0.15, -0.1) is 0 Å². The Morgan fingerprint density at radius 2 is 0.849 bits per heavy atom. The Morgan fingerprint density at radius 1 is 0.509 bits per heavy atom. The van der Waals surface area contributed by atoms with Crippen molar-refractivity contribution in [1.29, 1.82) is 0 Å². The Kier molecular flexibility index (Phi) is 24.2. The fourth-order valence-corrected chi connectivity index (χ4v) is 14.0. The molecular formula is C80H98F3N15O8. The molecule has 9 aromatic rings. The van der Waals surface area contributed by atoms with Gasteiger partial charge in [-0.05, 0) is 162 Å². The zero-order valence-corrected chi connectivity index (χ0v) is 62.8. The normalized spacial score (nSPS) is 18.4. The Bertz CT molecular complexity index is 4650. The summed E-state index contributed by atoms with van der Waals surface area (Å²) in [4.78, 5) is 103. The largest absolute Gasteiger partial charge is 0.390 e. The number of fused-ring (bicyclic) bond motifs is 3. The SMILES string of the molecule is CC(C)c1cc(-c2ccc(F)cc2)nn2cc(C(=O)N3CCN(C(=O)CC4CCOC4)[C@@H](C)C3)nc12.CCC(C)(O)CC(=O)N1CCN(C(=O)c2cn3nc(-c4ccc(F)cc4)cc(C(C)C)c3n2)C[C@@H]1C.CCCCC(=O)N1CCN(C(=O)c2cn3nc(-c4ccc(F)cc4)cc(C(C)C)c3n2)C[C@@H]1C. The molecule has 0 radical (unpaired) electrons.